The van der Waals surface area contributed by atoms with Gasteiger partial charge in [0, 0.05) is 18.0 Å². The predicted molar refractivity (Wildman–Crippen MR) is 52.5 cm³/mol. The third kappa shape index (κ3) is 1.99. The van der Waals surface area contributed by atoms with Crippen LogP contribution in [-0.4, -0.2) is 18.9 Å². The average molecular weight is 179 g/mol. The summed E-state index contributed by atoms with van der Waals surface area (Å²) in [7, 11) is 0. The van der Waals surface area contributed by atoms with Crippen LogP contribution in [0.25, 0.3) is 0 Å². The highest BCUT2D eigenvalue weighted by Gasteiger charge is 2.25. The zero-order valence-electron chi connectivity index (χ0n) is 8.01. The smallest absolute Gasteiger partial charge is 0.162 e. The Morgan fingerprint density at radius 2 is 2.15 bits per heavy atom. The van der Waals surface area contributed by atoms with Gasteiger partial charge in [0.2, 0.25) is 0 Å². The summed E-state index contributed by atoms with van der Waals surface area (Å²) in [5.41, 5.74) is 1.04. The second kappa shape index (κ2) is 4.05. The van der Waals surface area contributed by atoms with Gasteiger partial charge in [-0.3, -0.25) is 4.79 Å². The summed E-state index contributed by atoms with van der Waals surface area (Å²) in [5.74, 6) is 0.774. The van der Waals surface area contributed by atoms with Gasteiger partial charge in [0.05, 0.1) is 0 Å². The fraction of sp³-hybridized carbons (Fsp3) is 0.727. The van der Waals surface area contributed by atoms with Crippen molar-refractivity contribution in [3.05, 3.63) is 11.6 Å². The molecule has 0 aromatic heterocycles. The lowest BCUT2D eigenvalue weighted by atomic mass is 9.94. The van der Waals surface area contributed by atoms with Crippen molar-refractivity contribution in [1.29, 1.82) is 0 Å². The van der Waals surface area contributed by atoms with E-state index < -0.39 is 0 Å². The Balaban J connectivity index is 1.98. The van der Waals surface area contributed by atoms with Crippen molar-refractivity contribution in [1.82, 2.24) is 5.32 Å². The van der Waals surface area contributed by atoms with Crippen LogP contribution in [0.15, 0.2) is 11.6 Å². The van der Waals surface area contributed by atoms with Crippen molar-refractivity contribution < 1.29 is 4.79 Å². The van der Waals surface area contributed by atoms with Gasteiger partial charge in [0.15, 0.2) is 5.78 Å². The molecule has 13 heavy (non-hydrogen) atoms. The minimum atomic E-state index is 0.353. The molecule has 0 saturated heterocycles. The lowest BCUT2D eigenvalue weighted by molar-refractivity contribution is -0.119. The van der Waals surface area contributed by atoms with Crippen LogP contribution in [0.4, 0.5) is 0 Å². The van der Waals surface area contributed by atoms with Gasteiger partial charge in [-0.05, 0) is 25.8 Å². The van der Waals surface area contributed by atoms with Crippen molar-refractivity contribution in [2.24, 2.45) is 5.92 Å². The summed E-state index contributed by atoms with van der Waals surface area (Å²) < 4.78 is 0. The van der Waals surface area contributed by atoms with E-state index in [0.29, 0.717) is 11.7 Å². The molecule has 0 aromatic rings. The molecule has 0 amide bonds. The molecule has 0 radical (unpaired) electrons. The second-order valence-corrected chi connectivity index (χ2v) is 4.04. The number of ketones is 1. The molecule has 2 rings (SSSR count). The van der Waals surface area contributed by atoms with Gasteiger partial charge in [-0.25, -0.2) is 0 Å². The molecular weight excluding hydrogens is 162 g/mol. The van der Waals surface area contributed by atoms with Crippen LogP contribution in [0.3, 0.4) is 0 Å². The van der Waals surface area contributed by atoms with Crippen molar-refractivity contribution in [3.63, 3.8) is 0 Å². The molecule has 0 bridgehead atoms. The van der Waals surface area contributed by atoms with E-state index in [2.05, 4.69) is 11.4 Å². The Hall–Kier alpha value is -0.630. The maximum Gasteiger partial charge on any atom is 0.162 e. The fourth-order valence-corrected chi connectivity index (χ4v) is 2.28. The van der Waals surface area contributed by atoms with E-state index in [1.54, 1.807) is 0 Å². The first-order valence-electron chi connectivity index (χ1n) is 5.32. The Morgan fingerprint density at radius 3 is 2.77 bits per heavy atom. The van der Waals surface area contributed by atoms with Gasteiger partial charge in [-0.1, -0.05) is 18.9 Å². The van der Waals surface area contributed by atoms with Crippen LogP contribution in [0, 0.1) is 5.92 Å². The fourth-order valence-electron chi connectivity index (χ4n) is 2.28. The normalized spacial score (nSPS) is 24.5. The van der Waals surface area contributed by atoms with Gasteiger partial charge in [0.1, 0.15) is 0 Å². The van der Waals surface area contributed by atoms with E-state index in [1.165, 1.54) is 12.8 Å². The van der Waals surface area contributed by atoms with Crippen LogP contribution >= 0.6 is 0 Å². The summed E-state index contributed by atoms with van der Waals surface area (Å²) in [4.78, 5) is 11.9. The maximum absolute atomic E-state index is 11.9. The van der Waals surface area contributed by atoms with Crippen LogP contribution in [0.1, 0.15) is 32.1 Å². The lowest BCUT2D eigenvalue weighted by Crippen LogP contribution is -2.28. The average Bonchev–Trinajstić information content (AvgIpc) is 2.71. The number of carbonyl (C=O) groups is 1. The number of carbonyl (C=O) groups excluding carboxylic acids is 1. The molecule has 1 heterocycles. The quantitative estimate of drug-likeness (QED) is 0.698. The summed E-state index contributed by atoms with van der Waals surface area (Å²) in [5, 5.41) is 3.25. The standard InChI is InChI=1S/C11H17NO/c13-11(9-4-1-2-5-9)10-6-3-7-12-8-10/h6,9,12H,1-5,7-8H2. The first-order valence-corrected chi connectivity index (χ1v) is 5.32. The van der Waals surface area contributed by atoms with Gasteiger partial charge in [-0.2, -0.15) is 0 Å². The summed E-state index contributed by atoms with van der Waals surface area (Å²) in [6.07, 6.45) is 7.88. The third-order valence-corrected chi connectivity index (χ3v) is 3.07. The van der Waals surface area contributed by atoms with Crippen molar-refractivity contribution in [3.8, 4) is 0 Å². The molecule has 1 fully saturated rings. The number of hydrogen-bond acceptors (Lipinski definition) is 2. The van der Waals surface area contributed by atoms with Gasteiger partial charge < -0.3 is 5.32 Å². The van der Waals surface area contributed by atoms with Crippen molar-refractivity contribution in [2.45, 2.75) is 32.1 Å². The van der Waals surface area contributed by atoms with E-state index in [0.717, 1.165) is 37.9 Å². The Labute approximate surface area is 79.4 Å². The minimum Gasteiger partial charge on any atom is -0.312 e. The monoisotopic (exact) mass is 179 g/mol. The molecule has 0 unspecified atom stereocenters. The van der Waals surface area contributed by atoms with E-state index in [4.69, 9.17) is 0 Å². The Bertz CT molecular complexity index is 226. The van der Waals surface area contributed by atoms with Crippen molar-refractivity contribution >= 4 is 5.78 Å². The molecule has 1 N–H and O–H groups in total. The molecule has 2 nitrogen and oxygen atoms in total. The molecule has 0 aromatic carbocycles. The lowest BCUT2D eigenvalue weighted by Gasteiger charge is -2.16. The van der Waals surface area contributed by atoms with Crippen LogP contribution in [0.5, 0.6) is 0 Å². The first kappa shape index (κ1) is 8.95. The van der Waals surface area contributed by atoms with E-state index in [1.807, 2.05) is 0 Å². The molecular formula is C11H17NO. The highest BCUT2D eigenvalue weighted by atomic mass is 16.1. The number of hydrogen-bond donors (Lipinski definition) is 1. The molecule has 2 heteroatoms. The van der Waals surface area contributed by atoms with E-state index >= 15 is 0 Å². The van der Waals surface area contributed by atoms with E-state index in [9.17, 15) is 4.79 Å². The van der Waals surface area contributed by atoms with Crippen molar-refractivity contribution in [2.75, 3.05) is 13.1 Å². The SMILES string of the molecule is O=C(C1=CCCNC1)C1CCCC1. The highest BCUT2D eigenvalue weighted by molar-refractivity contribution is 5.97. The highest BCUT2D eigenvalue weighted by Crippen LogP contribution is 2.27. The molecule has 0 spiro atoms. The molecule has 1 saturated carbocycles. The van der Waals surface area contributed by atoms with Gasteiger partial charge in [-0.15, -0.1) is 0 Å². The second-order valence-electron chi connectivity index (χ2n) is 4.04. The maximum atomic E-state index is 11.9. The summed E-state index contributed by atoms with van der Waals surface area (Å²) >= 11 is 0. The minimum absolute atomic E-state index is 0.353. The number of Topliss-reactive ketones (excluding diaryl/α,β-unsaturated/α-hetero) is 1. The molecule has 0 atom stereocenters. The number of nitrogens with one attached hydrogen (secondary N) is 1. The zero-order chi connectivity index (χ0) is 9.10. The van der Waals surface area contributed by atoms with E-state index in [-0.39, 0.29) is 0 Å². The topological polar surface area (TPSA) is 29.1 Å². The Kier molecular flexibility index (Phi) is 2.79. The van der Waals surface area contributed by atoms with Crippen LogP contribution in [0.2, 0.25) is 0 Å². The first-order chi connectivity index (χ1) is 6.38. The predicted octanol–water partition coefficient (Wildman–Crippen LogP) is 1.67. The number of rotatable bonds is 2. The van der Waals surface area contributed by atoms with Gasteiger partial charge >= 0.3 is 0 Å². The van der Waals surface area contributed by atoms with Crippen LogP contribution in [-0.2, 0) is 4.79 Å². The molecule has 1 aliphatic heterocycles. The zero-order valence-corrected chi connectivity index (χ0v) is 8.01. The third-order valence-electron chi connectivity index (χ3n) is 3.07. The van der Waals surface area contributed by atoms with Crippen LogP contribution < -0.4 is 5.32 Å². The molecule has 2 aliphatic rings. The molecule has 1 aliphatic carbocycles. The largest absolute Gasteiger partial charge is 0.312 e. The summed E-state index contributed by atoms with van der Waals surface area (Å²) in [6.45, 7) is 1.83. The molecule has 72 valence electrons. The Morgan fingerprint density at radius 1 is 1.38 bits per heavy atom. The van der Waals surface area contributed by atoms with Gasteiger partial charge in [0.25, 0.3) is 0 Å². The summed E-state index contributed by atoms with van der Waals surface area (Å²) in [6, 6.07) is 0.